The van der Waals surface area contributed by atoms with Crippen molar-refractivity contribution in [3.63, 3.8) is 0 Å². The van der Waals surface area contributed by atoms with Gasteiger partial charge in [-0.3, -0.25) is 4.79 Å². The molecule has 1 amide bonds. The Kier molecular flexibility index (Phi) is 4.88. The van der Waals surface area contributed by atoms with Crippen LogP contribution >= 0.6 is 0 Å². The van der Waals surface area contributed by atoms with Gasteiger partial charge in [0.1, 0.15) is 5.52 Å². The lowest BCUT2D eigenvalue weighted by atomic mass is 10.2. The van der Waals surface area contributed by atoms with Crippen LogP contribution in [0.15, 0.2) is 64.4 Å². The summed E-state index contributed by atoms with van der Waals surface area (Å²) in [6.07, 6.45) is 1.44. The number of anilines is 1. The molecular formula is C18H17N3O4S. The van der Waals surface area contributed by atoms with Crippen LogP contribution in [0.25, 0.3) is 11.1 Å². The average molecular weight is 371 g/mol. The number of fused-ring (bicyclic) bond motifs is 1. The van der Waals surface area contributed by atoms with E-state index in [-0.39, 0.29) is 17.0 Å². The normalized spacial score (nSPS) is 11.4. The van der Waals surface area contributed by atoms with Crippen molar-refractivity contribution in [2.24, 2.45) is 0 Å². The molecule has 1 heterocycles. The van der Waals surface area contributed by atoms with Gasteiger partial charge >= 0.3 is 0 Å². The molecule has 0 radical (unpaired) electrons. The van der Waals surface area contributed by atoms with Gasteiger partial charge < -0.3 is 9.73 Å². The summed E-state index contributed by atoms with van der Waals surface area (Å²) in [7, 11) is -3.70. The summed E-state index contributed by atoms with van der Waals surface area (Å²) < 4.78 is 32.1. The molecule has 0 unspecified atom stereocenters. The fourth-order valence-electron chi connectivity index (χ4n) is 2.38. The predicted molar refractivity (Wildman–Crippen MR) is 98.5 cm³/mol. The second-order valence-electron chi connectivity index (χ2n) is 5.54. The number of hydrogen-bond acceptors (Lipinski definition) is 5. The van der Waals surface area contributed by atoms with Crippen molar-refractivity contribution in [3.8, 4) is 0 Å². The highest BCUT2D eigenvalue weighted by atomic mass is 32.2. The number of carbonyl (C=O) groups is 1. The second-order valence-corrected chi connectivity index (χ2v) is 7.30. The summed E-state index contributed by atoms with van der Waals surface area (Å²) in [5.74, 6) is 0.110. The molecule has 7 nitrogen and oxygen atoms in total. The first-order chi connectivity index (χ1) is 12.4. The molecule has 0 atom stereocenters. The minimum atomic E-state index is -3.70. The highest BCUT2D eigenvalue weighted by Crippen LogP contribution is 2.20. The fourth-order valence-corrected chi connectivity index (χ4v) is 3.42. The Hall–Kier alpha value is -2.97. The first-order valence-corrected chi connectivity index (χ1v) is 9.26. The Labute approximate surface area is 150 Å². The van der Waals surface area contributed by atoms with Gasteiger partial charge in [-0.2, -0.15) is 0 Å². The molecule has 0 saturated carbocycles. The van der Waals surface area contributed by atoms with E-state index in [1.54, 1.807) is 31.2 Å². The SMILES string of the molecule is C=CCNS(=O)(=O)c1cccc(C(=O)Nc2ccc3oc(C)nc3c2)c1. The number of carbonyl (C=O) groups excluding carboxylic acids is 1. The Morgan fingerprint density at radius 3 is 2.85 bits per heavy atom. The Bertz CT molecular complexity index is 1090. The molecule has 0 fully saturated rings. The number of hydrogen-bond donors (Lipinski definition) is 2. The van der Waals surface area contributed by atoms with Gasteiger partial charge in [-0.1, -0.05) is 12.1 Å². The van der Waals surface area contributed by atoms with Crippen LogP contribution in [0.1, 0.15) is 16.2 Å². The molecule has 0 saturated heterocycles. The zero-order valence-electron chi connectivity index (χ0n) is 14.0. The highest BCUT2D eigenvalue weighted by Gasteiger charge is 2.16. The maximum absolute atomic E-state index is 12.5. The Morgan fingerprint density at radius 1 is 1.27 bits per heavy atom. The lowest BCUT2D eigenvalue weighted by Gasteiger charge is -2.08. The lowest BCUT2D eigenvalue weighted by Crippen LogP contribution is -2.24. The monoisotopic (exact) mass is 371 g/mol. The van der Waals surface area contributed by atoms with Gasteiger partial charge in [0, 0.05) is 24.7 Å². The molecule has 8 heteroatoms. The molecule has 2 aromatic carbocycles. The van der Waals surface area contributed by atoms with E-state index >= 15 is 0 Å². The van der Waals surface area contributed by atoms with E-state index in [1.165, 1.54) is 24.3 Å². The average Bonchev–Trinajstić information content (AvgIpc) is 2.99. The van der Waals surface area contributed by atoms with Crippen LogP contribution in [-0.2, 0) is 10.0 Å². The smallest absolute Gasteiger partial charge is 0.255 e. The Balaban J connectivity index is 1.83. The third-order valence-corrected chi connectivity index (χ3v) is 5.00. The van der Waals surface area contributed by atoms with Crippen LogP contribution in [0, 0.1) is 6.92 Å². The van der Waals surface area contributed by atoms with E-state index < -0.39 is 15.9 Å². The molecule has 0 aliphatic rings. The largest absolute Gasteiger partial charge is 0.441 e. The number of oxazole rings is 1. The van der Waals surface area contributed by atoms with Crippen molar-refractivity contribution in [1.82, 2.24) is 9.71 Å². The summed E-state index contributed by atoms with van der Waals surface area (Å²) >= 11 is 0. The van der Waals surface area contributed by atoms with Crippen molar-refractivity contribution in [2.75, 3.05) is 11.9 Å². The summed E-state index contributed by atoms with van der Waals surface area (Å²) in [6, 6.07) is 10.9. The lowest BCUT2D eigenvalue weighted by molar-refractivity contribution is 0.102. The van der Waals surface area contributed by atoms with E-state index in [9.17, 15) is 13.2 Å². The quantitative estimate of drug-likeness (QED) is 0.649. The van der Waals surface area contributed by atoms with Gasteiger partial charge in [0.05, 0.1) is 4.90 Å². The molecule has 0 spiro atoms. The molecule has 1 aromatic heterocycles. The van der Waals surface area contributed by atoms with Crippen LogP contribution < -0.4 is 10.0 Å². The number of aryl methyl sites for hydroxylation is 1. The zero-order chi connectivity index (χ0) is 18.7. The van der Waals surface area contributed by atoms with Gasteiger partial charge in [0.25, 0.3) is 5.91 Å². The van der Waals surface area contributed by atoms with Gasteiger partial charge in [-0.15, -0.1) is 6.58 Å². The number of nitrogens with one attached hydrogen (secondary N) is 2. The highest BCUT2D eigenvalue weighted by molar-refractivity contribution is 7.89. The van der Waals surface area contributed by atoms with Crippen LogP contribution in [0.3, 0.4) is 0 Å². The molecule has 0 aliphatic carbocycles. The van der Waals surface area contributed by atoms with Crippen LogP contribution in [0.5, 0.6) is 0 Å². The molecule has 0 aliphatic heterocycles. The summed E-state index contributed by atoms with van der Waals surface area (Å²) in [5.41, 5.74) is 2.02. The molecule has 134 valence electrons. The fraction of sp³-hybridized carbons (Fsp3) is 0.111. The molecule has 0 bridgehead atoms. The molecular weight excluding hydrogens is 354 g/mol. The Morgan fingerprint density at radius 2 is 2.08 bits per heavy atom. The van der Waals surface area contributed by atoms with E-state index in [2.05, 4.69) is 21.6 Å². The van der Waals surface area contributed by atoms with Crippen molar-refractivity contribution < 1.29 is 17.6 Å². The number of nitrogens with zero attached hydrogens (tertiary/aromatic N) is 1. The van der Waals surface area contributed by atoms with Crippen molar-refractivity contribution >= 4 is 32.7 Å². The van der Waals surface area contributed by atoms with Crippen molar-refractivity contribution in [3.05, 3.63) is 66.6 Å². The maximum atomic E-state index is 12.5. The predicted octanol–water partition coefficient (Wildman–Crippen LogP) is 2.85. The van der Waals surface area contributed by atoms with Gasteiger partial charge in [0.2, 0.25) is 10.0 Å². The molecule has 2 N–H and O–H groups in total. The van der Waals surface area contributed by atoms with Crippen molar-refractivity contribution in [1.29, 1.82) is 0 Å². The van der Waals surface area contributed by atoms with Crippen molar-refractivity contribution in [2.45, 2.75) is 11.8 Å². The summed E-state index contributed by atoms with van der Waals surface area (Å²) in [6.45, 7) is 5.32. The van der Waals surface area contributed by atoms with Crippen LogP contribution in [-0.4, -0.2) is 25.9 Å². The van der Waals surface area contributed by atoms with Crippen LogP contribution in [0.4, 0.5) is 5.69 Å². The topological polar surface area (TPSA) is 101 Å². The van der Waals surface area contributed by atoms with Gasteiger partial charge in [0.15, 0.2) is 11.5 Å². The second kappa shape index (κ2) is 7.11. The number of aromatic nitrogens is 1. The minimum Gasteiger partial charge on any atom is -0.441 e. The summed E-state index contributed by atoms with van der Waals surface area (Å²) in [4.78, 5) is 16.7. The molecule has 3 aromatic rings. The third-order valence-electron chi connectivity index (χ3n) is 3.58. The van der Waals surface area contributed by atoms with E-state index in [4.69, 9.17) is 4.42 Å². The van der Waals surface area contributed by atoms with Gasteiger partial charge in [-0.25, -0.2) is 18.1 Å². The standard InChI is InChI=1S/C18H17N3O4S/c1-3-9-19-26(23,24)15-6-4-5-13(10-15)18(22)21-14-7-8-17-16(11-14)20-12(2)25-17/h3-8,10-11,19H,1,9H2,2H3,(H,21,22). The number of amides is 1. The number of benzene rings is 2. The molecule has 26 heavy (non-hydrogen) atoms. The van der Waals surface area contributed by atoms with Crippen LogP contribution in [0.2, 0.25) is 0 Å². The van der Waals surface area contributed by atoms with E-state index in [0.29, 0.717) is 22.7 Å². The molecule has 3 rings (SSSR count). The van der Waals surface area contributed by atoms with Gasteiger partial charge in [-0.05, 0) is 36.4 Å². The maximum Gasteiger partial charge on any atom is 0.255 e. The summed E-state index contributed by atoms with van der Waals surface area (Å²) in [5, 5.41) is 2.73. The minimum absolute atomic E-state index is 0.00887. The first-order valence-electron chi connectivity index (χ1n) is 7.78. The third kappa shape index (κ3) is 3.81. The van der Waals surface area contributed by atoms with E-state index in [0.717, 1.165) is 0 Å². The number of rotatable bonds is 6. The van der Waals surface area contributed by atoms with E-state index in [1.807, 2.05) is 0 Å². The first kappa shape index (κ1) is 17.8. The number of sulfonamides is 1. The zero-order valence-corrected chi connectivity index (χ0v) is 14.8.